The molecule has 0 amide bonds. The van der Waals surface area contributed by atoms with Crippen LogP contribution in [0.15, 0.2) is 0 Å². The van der Waals surface area contributed by atoms with Crippen LogP contribution in [-0.4, -0.2) is 52.6 Å². The quantitative estimate of drug-likeness (QED) is 0.711. The van der Waals surface area contributed by atoms with E-state index in [4.69, 9.17) is 5.11 Å². The van der Waals surface area contributed by atoms with E-state index in [-0.39, 0.29) is 13.1 Å². The van der Waals surface area contributed by atoms with E-state index in [2.05, 4.69) is 0 Å². The summed E-state index contributed by atoms with van der Waals surface area (Å²) in [6.45, 7) is 1.73. The first-order valence-electron chi connectivity index (χ1n) is 4.46. The molecular formula is C8H14F3NO2. The van der Waals surface area contributed by atoms with Crippen molar-refractivity contribution in [3.8, 4) is 0 Å². The van der Waals surface area contributed by atoms with Gasteiger partial charge in [0, 0.05) is 19.6 Å². The van der Waals surface area contributed by atoms with Gasteiger partial charge in [0.25, 0.3) is 0 Å². The number of halogens is 3. The van der Waals surface area contributed by atoms with Crippen molar-refractivity contribution in [3.63, 3.8) is 0 Å². The second kappa shape index (κ2) is 3.67. The topological polar surface area (TPSA) is 43.7 Å². The highest BCUT2D eigenvalue weighted by molar-refractivity contribution is 4.95. The van der Waals surface area contributed by atoms with Crippen LogP contribution < -0.4 is 0 Å². The fourth-order valence-corrected chi connectivity index (χ4v) is 1.49. The van der Waals surface area contributed by atoms with E-state index in [1.165, 1.54) is 4.90 Å². The Labute approximate surface area is 80.1 Å². The predicted octanol–water partition coefficient (Wildman–Crippen LogP) is 0.366. The Bertz CT molecular complexity index is 201. The average Bonchev–Trinajstić information content (AvgIpc) is 1.99. The zero-order valence-corrected chi connectivity index (χ0v) is 7.88. The molecule has 0 bridgehead atoms. The van der Waals surface area contributed by atoms with Crippen molar-refractivity contribution in [2.45, 2.75) is 31.2 Å². The van der Waals surface area contributed by atoms with Crippen molar-refractivity contribution in [1.82, 2.24) is 4.90 Å². The van der Waals surface area contributed by atoms with Gasteiger partial charge in [-0.3, -0.25) is 4.90 Å². The Balaban J connectivity index is 2.30. The minimum atomic E-state index is -4.57. The van der Waals surface area contributed by atoms with Gasteiger partial charge in [0.2, 0.25) is 0 Å². The first-order valence-corrected chi connectivity index (χ1v) is 4.46. The Hall–Kier alpha value is -0.330. The molecule has 1 heterocycles. The monoisotopic (exact) mass is 213 g/mol. The lowest BCUT2D eigenvalue weighted by molar-refractivity contribution is -0.218. The van der Waals surface area contributed by atoms with Crippen LogP contribution in [0.1, 0.15) is 13.3 Å². The molecule has 0 aromatic rings. The number of rotatable bonds is 3. The number of aliphatic hydroxyl groups excluding tert-OH is 1. The SMILES string of the molecule is CCC1(O)CN(CC(O)C(F)(F)F)C1. The van der Waals surface area contributed by atoms with Crippen molar-refractivity contribution in [1.29, 1.82) is 0 Å². The van der Waals surface area contributed by atoms with Crippen LogP contribution >= 0.6 is 0 Å². The number of alkyl halides is 3. The Morgan fingerprint density at radius 2 is 1.93 bits per heavy atom. The highest BCUT2D eigenvalue weighted by Crippen LogP contribution is 2.27. The molecule has 3 nitrogen and oxygen atoms in total. The van der Waals surface area contributed by atoms with Crippen LogP contribution in [-0.2, 0) is 0 Å². The van der Waals surface area contributed by atoms with Crippen molar-refractivity contribution < 1.29 is 23.4 Å². The molecular weight excluding hydrogens is 199 g/mol. The lowest BCUT2D eigenvalue weighted by Gasteiger charge is -2.46. The Morgan fingerprint density at radius 1 is 1.43 bits per heavy atom. The number of hydrogen-bond acceptors (Lipinski definition) is 3. The van der Waals surface area contributed by atoms with Crippen LogP contribution in [0.4, 0.5) is 13.2 Å². The maximum Gasteiger partial charge on any atom is 0.415 e. The summed E-state index contributed by atoms with van der Waals surface area (Å²) in [6.07, 6.45) is -6.37. The van der Waals surface area contributed by atoms with E-state index < -0.39 is 24.4 Å². The van der Waals surface area contributed by atoms with E-state index in [1.54, 1.807) is 6.92 Å². The van der Waals surface area contributed by atoms with Gasteiger partial charge in [0.15, 0.2) is 6.10 Å². The summed E-state index contributed by atoms with van der Waals surface area (Å²) in [6, 6.07) is 0. The summed E-state index contributed by atoms with van der Waals surface area (Å²) < 4.78 is 35.7. The van der Waals surface area contributed by atoms with Crippen LogP contribution in [0.3, 0.4) is 0 Å². The lowest BCUT2D eigenvalue weighted by atomic mass is 9.91. The fourth-order valence-electron chi connectivity index (χ4n) is 1.49. The van der Waals surface area contributed by atoms with Crippen molar-refractivity contribution in [2.24, 2.45) is 0 Å². The molecule has 1 rings (SSSR count). The maximum absolute atomic E-state index is 11.9. The molecule has 0 spiro atoms. The number of β-amino-alcohol motifs (C(OH)–C–C–N with tert-alkyl or cyclic N) is 2. The molecule has 0 aromatic heterocycles. The molecule has 1 saturated heterocycles. The summed E-state index contributed by atoms with van der Waals surface area (Å²) >= 11 is 0. The number of hydrogen-bond donors (Lipinski definition) is 2. The number of likely N-dealkylation sites (tertiary alicyclic amines) is 1. The summed E-state index contributed by atoms with van der Waals surface area (Å²) in [5, 5.41) is 18.2. The summed E-state index contributed by atoms with van der Waals surface area (Å²) in [5.41, 5.74) is -0.856. The molecule has 14 heavy (non-hydrogen) atoms. The molecule has 1 unspecified atom stereocenters. The molecule has 0 radical (unpaired) electrons. The molecule has 1 atom stereocenters. The van der Waals surface area contributed by atoms with E-state index >= 15 is 0 Å². The van der Waals surface area contributed by atoms with E-state index in [1.807, 2.05) is 0 Å². The standard InChI is InChI=1S/C8H14F3NO2/c1-2-7(14)4-12(5-7)3-6(13)8(9,10)11/h6,13-14H,2-5H2,1H3. The maximum atomic E-state index is 11.9. The Morgan fingerprint density at radius 3 is 2.29 bits per heavy atom. The molecule has 0 aliphatic carbocycles. The smallest absolute Gasteiger partial charge is 0.387 e. The average molecular weight is 213 g/mol. The first-order chi connectivity index (χ1) is 6.27. The number of aliphatic hydroxyl groups is 2. The molecule has 6 heteroatoms. The van der Waals surface area contributed by atoms with Gasteiger partial charge in [-0.15, -0.1) is 0 Å². The molecule has 84 valence electrons. The third-order valence-electron chi connectivity index (χ3n) is 2.50. The lowest BCUT2D eigenvalue weighted by Crippen LogP contribution is -2.63. The summed E-state index contributed by atoms with van der Waals surface area (Å²) in [7, 11) is 0. The van der Waals surface area contributed by atoms with Crippen molar-refractivity contribution in [3.05, 3.63) is 0 Å². The zero-order chi connectivity index (χ0) is 11.0. The summed E-state index contributed by atoms with van der Waals surface area (Å²) in [5.74, 6) is 0. The molecule has 1 fully saturated rings. The molecule has 0 aromatic carbocycles. The van der Waals surface area contributed by atoms with Gasteiger partial charge in [-0.25, -0.2) is 0 Å². The van der Waals surface area contributed by atoms with Gasteiger partial charge in [0.05, 0.1) is 5.60 Å². The van der Waals surface area contributed by atoms with E-state index in [9.17, 15) is 18.3 Å². The van der Waals surface area contributed by atoms with Crippen molar-refractivity contribution in [2.75, 3.05) is 19.6 Å². The number of nitrogens with zero attached hydrogens (tertiary/aromatic N) is 1. The second-order valence-corrected chi connectivity index (χ2v) is 3.80. The van der Waals surface area contributed by atoms with Gasteiger partial charge >= 0.3 is 6.18 Å². The summed E-state index contributed by atoms with van der Waals surface area (Å²) in [4.78, 5) is 1.39. The molecule has 1 aliphatic rings. The highest BCUT2D eigenvalue weighted by atomic mass is 19.4. The fraction of sp³-hybridized carbons (Fsp3) is 1.00. The van der Waals surface area contributed by atoms with Gasteiger partial charge in [-0.1, -0.05) is 6.92 Å². The minimum Gasteiger partial charge on any atom is -0.387 e. The van der Waals surface area contributed by atoms with Gasteiger partial charge in [0.1, 0.15) is 0 Å². The first kappa shape index (κ1) is 11.7. The van der Waals surface area contributed by atoms with Crippen molar-refractivity contribution >= 4 is 0 Å². The Kier molecular flexibility index (Phi) is 3.08. The van der Waals surface area contributed by atoms with Crippen LogP contribution in [0.5, 0.6) is 0 Å². The molecule has 2 N–H and O–H groups in total. The van der Waals surface area contributed by atoms with Gasteiger partial charge < -0.3 is 10.2 Å². The van der Waals surface area contributed by atoms with E-state index in [0.29, 0.717) is 6.42 Å². The predicted molar refractivity (Wildman–Crippen MR) is 43.7 cm³/mol. The molecule has 0 saturated carbocycles. The zero-order valence-electron chi connectivity index (χ0n) is 7.88. The van der Waals surface area contributed by atoms with E-state index in [0.717, 1.165) is 0 Å². The molecule has 1 aliphatic heterocycles. The second-order valence-electron chi connectivity index (χ2n) is 3.80. The minimum absolute atomic E-state index is 0.205. The highest BCUT2D eigenvalue weighted by Gasteiger charge is 2.45. The van der Waals surface area contributed by atoms with Gasteiger partial charge in [-0.05, 0) is 6.42 Å². The van der Waals surface area contributed by atoms with Crippen LogP contribution in [0.2, 0.25) is 0 Å². The van der Waals surface area contributed by atoms with Gasteiger partial charge in [-0.2, -0.15) is 13.2 Å². The largest absolute Gasteiger partial charge is 0.415 e. The van der Waals surface area contributed by atoms with Crippen LogP contribution in [0.25, 0.3) is 0 Å². The normalized spacial score (nSPS) is 24.4. The van der Waals surface area contributed by atoms with Crippen LogP contribution in [0, 0.1) is 0 Å². The third-order valence-corrected chi connectivity index (χ3v) is 2.50. The third kappa shape index (κ3) is 2.59.